The summed E-state index contributed by atoms with van der Waals surface area (Å²) in [5, 5.41) is 6.39. The number of hydrogen-bond donors (Lipinski definition) is 2. The van der Waals surface area contributed by atoms with E-state index in [1.807, 2.05) is 49.6 Å². The van der Waals surface area contributed by atoms with Crippen molar-refractivity contribution in [1.82, 2.24) is 19.9 Å². The van der Waals surface area contributed by atoms with Gasteiger partial charge >= 0.3 is 0 Å². The molecule has 3 rings (SSSR count). The molecule has 23 heavy (non-hydrogen) atoms. The van der Waals surface area contributed by atoms with Crippen LogP contribution in [0.1, 0.15) is 5.69 Å². The van der Waals surface area contributed by atoms with Gasteiger partial charge in [0, 0.05) is 22.9 Å². The molecule has 0 bridgehead atoms. The Bertz CT molecular complexity index is 808. The lowest BCUT2D eigenvalue weighted by Gasteiger charge is -2.10. The van der Waals surface area contributed by atoms with Crippen molar-refractivity contribution in [3.05, 3.63) is 54.6 Å². The molecule has 0 fully saturated rings. The van der Waals surface area contributed by atoms with Crippen molar-refractivity contribution in [3.63, 3.8) is 0 Å². The number of nitrogens with one attached hydrogen (secondary N) is 2. The minimum Gasteiger partial charge on any atom is -0.325 e. The van der Waals surface area contributed by atoms with E-state index >= 15 is 0 Å². The number of nitrogens with zero attached hydrogens (tertiary/aromatic N) is 4. The molecule has 0 radical (unpaired) electrons. The van der Waals surface area contributed by atoms with Crippen LogP contribution in [0.4, 0.5) is 23.3 Å². The summed E-state index contributed by atoms with van der Waals surface area (Å²) in [4.78, 5) is 18.3. The van der Waals surface area contributed by atoms with Gasteiger partial charge in [-0.3, -0.25) is 0 Å². The molecule has 0 saturated carbocycles. The zero-order chi connectivity index (χ0) is 16.1. The summed E-state index contributed by atoms with van der Waals surface area (Å²) in [7, 11) is 0. The number of aromatic nitrogens is 4. The summed E-state index contributed by atoms with van der Waals surface area (Å²) in [6, 6.07) is 11.5. The summed E-state index contributed by atoms with van der Waals surface area (Å²) in [5.74, 6) is 2.86. The van der Waals surface area contributed by atoms with E-state index in [0.29, 0.717) is 11.6 Å². The molecule has 2 N–H and O–H groups in total. The summed E-state index contributed by atoms with van der Waals surface area (Å²) in [6.45, 7) is 1.95. The van der Waals surface area contributed by atoms with Gasteiger partial charge in [-0.15, -0.1) is 11.8 Å². The third-order valence-corrected chi connectivity index (χ3v) is 3.82. The Balaban J connectivity index is 1.80. The highest BCUT2D eigenvalue weighted by Crippen LogP contribution is 2.25. The van der Waals surface area contributed by atoms with Gasteiger partial charge in [0.05, 0.1) is 0 Å². The number of aryl methyl sites for hydroxylation is 1. The number of thioether (sulfide) groups is 1. The fraction of sp³-hybridized carbons (Fsp3) is 0.125. The van der Waals surface area contributed by atoms with Crippen LogP contribution >= 0.6 is 11.8 Å². The predicted molar refractivity (Wildman–Crippen MR) is 93.6 cm³/mol. The molecule has 0 aliphatic carbocycles. The van der Waals surface area contributed by atoms with Gasteiger partial charge in [0.25, 0.3) is 0 Å². The average Bonchev–Trinajstić information content (AvgIpc) is 2.56. The van der Waals surface area contributed by atoms with Gasteiger partial charge < -0.3 is 10.6 Å². The fourth-order valence-corrected chi connectivity index (χ4v) is 2.52. The highest BCUT2D eigenvalue weighted by molar-refractivity contribution is 7.98. The molecule has 0 spiro atoms. The first-order chi connectivity index (χ1) is 11.2. The van der Waals surface area contributed by atoms with Crippen LogP contribution in [0.2, 0.25) is 0 Å². The maximum atomic E-state index is 4.40. The maximum absolute atomic E-state index is 4.40. The first kappa shape index (κ1) is 15.2. The van der Waals surface area contributed by atoms with Crippen molar-refractivity contribution in [3.8, 4) is 0 Å². The molecule has 0 amide bonds. The topological polar surface area (TPSA) is 75.6 Å². The third kappa shape index (κ3) is 3.95. The van der Waals surface area contributed by atoms with Crippen LogP contribution in [-0.2, 0) is 0 Å². The van der Waals surface area contributed by atoms with Crippen LogP contribution in [0, 0.1) is 6.92 Å². The van der Waals surface area contributed by atoms with Crippen molar-refractivity contribution < 1.29 is 0 Å². The van der Waals surface area contributed by atoms with Crippen LogP contribution in [0.5, 0.6) is 0 Å². The van der Waals surface area contributed by atoms with E-state index in [4.69, 9.17) is 0 Å². The molecule has 0 aromatic carbocycles. The molecule has 0 unspecified atom stereocenters. The second-order valence-electron chi connectivity index (χ2n) is 4.76. The number of hydrogen-bond acceptors (Lipinski definition) is 7. The smallest absolute Gasteiger partial charge is 0.145 e. The molecule has 7 heteroatoms. The van der Waals surface area contributed by atoms with Crippen LogP contribution in [0.3, 0.4) is 0 Å². The molecular formula is C16H16N6S. The van der Waals surface area contributed by atoms with Crippen molar-refractivity contribution in [2.24, 2.45) is 0 Å². The standard InChI is InChI=1S/C16H16N6S/c1-11-5-3-7-13(20-11)21-14-9-15(19-10-18-14)22-16-12(23-2)6-4-8-17-16/h3-10H,1-2H3,(H2,17,18,19,20,21,22). The Hall–Kier alpha value is -2.67. The van der Waals surface area contributed by atoms with Gasteiger partial charge in [-0.25, -0.2) is 19.9 Å². The molecule has 0 aliphatic rings. The molecule has 0 aliphatic heterocycles. The van der Waals surface area contributed by atoms with E-state index in [-0.39, 0.29) is 0 Å². The molecule has 116 valence electrons. The molecular weight excluding hydrogens is 308 g/mol. The van der Waals surface area contributed by atoms with E-state index in [0.717, 1.165) is 22.2 Å². The van der Waals surface area contributed by atoms with E-state index in [1.54, 1.807) is 18.0 Å². The van der Waals surface area contributed by atoms with Gasteiger partial charge in [0.15, 0.2) is 0 Å². The van der Waals surface area contributed by atoms with Crippen molar-refractivity contribution >= 4 is 35.0 Å². The first-order valence-electron chi connectivity index (χ1n) is 7.03. The number of rotatable bonds is 5. The fourth-order valence-electron chi connectivity index (χ4n) is 2.01. The van der Waals surface area contributed by atoms with Gasteiger partial charge in [0.1, 0.15) is 29.6 Å². The Kier molecular flexibility index (Phi) is 4.68. The summed E-state index contributed by atoms with van der Waals surface area (Å²) in [6.07, 6.45) is 5.26. The van der Waals surface area contributed by atoms with E-state index in [9.17, 15) is 0 Å². The zero-order valence-electron chi connectivity index (χ0n) is 12.8. The van der Waals surface area contributed by atoms with Crippen molar-refractivity contribution in [2.75, 3.05) is 16.9 Å². The van der Waals surface area contributed by atoms with E-state index in [2.05, 4.69) is 30.6 Å². The molecule has 3 heterocycles. The normalized spacial score (nSPS) is 10.3. The summed E-state index contributed by atoms with van der Waals surface area (Å²) in [5.41, 5.74) is 0.945. The highest BCUT2D eigenvalue weighted by atomic mass is 32.2. The summed E-state index contributed by atoms with van der Waals surface area (Å²) >= 11 is 1.63. The SMILES string of the molecule is CSc1cccnc1Nc1cc(Nc2cccc(C)n2)ncn1. The molecule has 3 aromatic heterocycles. The van der Waals surface area contributed by atoms with Crippen LogP contribution in [-0.4, -0.2) is 26.2 Å². The van der Waals surface area contributed by atoms with Gasteiger partial charge in [-0.1, -0.05) is 6.07 Å². The molecule has 0 saturated heterocycles. The number of anilines is 4. The Morgan fingerprint density at radius 2 is 1.74 bits per heavy atom. The first-order valence-corrected chi connectivity index (χ1v) is 8.26. The Morgan fingerprint density at radius 3 is 2.52 bits per heavy atom. The minimum atomic E-state index is 0.669. The van der Waals surface area contributed by atoms with E-state index < -0.39 is 0 Å². The second-order valence-corrected chi connectivity index (χ2v) is 5.61. The van der Waals surface area contributed by atoms with Crippen LogP contribution in [0.15, 0.2) is 53.8 Å². The second kappa shape index (κ2) is 7.06. The molecule has 6 nitrogen and oxygen atoms in total. The van der Waals surface area contributed by atoms with Crippen molar-refractivity contribution in [2.45, 2.75) is 11.8 Å². The van der Waals surface area contributed by atoms with Gasteiger partial charge in [-0.05, 0) is 37.4 Å². The average molecular weight is 324 g/mol. The lowest BCUT2D eigenvalue weighted by Crippen LogP contribution is -2.01. The quantitative estimate of drug-likeness (QED) is 0.692. The minimum absolute atomic E-state index is 0.669. The molecule has 3 aromatic rings. The lowest BCUT2D eigenvalue weighted by molar-refractivity contribution is 1.13. The largest absolute Gasteiger partial charge is 0.325 e. The van der Waals surface area contributed by atoms with E-state index in [1.165, 1.54) is 6.33 Å². The highest BCUT2D eigenvalue weighted by Gasteiger charge is 2.05. The molecule has 0 atom stereocenters. The Morgan fingerprint density at radius 1 is 0.913 bits per heavy atom. The zero-order valence-corrected chi connectivity index (χ0v) is 13.6. The third-order valence-electron chi connectivity index (χ3n) is 3.05. The maximum Gasteiger partial charge on any atom is 0.145 e. The van der Waals surface area contributed by atoms with Crippen LogP contribution in [0.25, 0.3) is 0 Å². The summed E-state index contributed by atoms with van der Waals surface area (Å²) < 4.78 is 0. The van der Waals surface area contributed by atoms with Gasteiger partial charge in [0.2, 0.25) is 0 Å². The Labute approximate surface area is 138 Å². The van der Waals surface area contributed by atoms with Crippen molar-refractivity contribution in [1.29, 1.82) is 0 Å². The monoisotopic (exact) mass is 324 g/mol. The number of pyridine rings is 2. The predicted octanol–water partition coefficient (Wildman–Crippen LogP) is 3.78. The van der Waals surface area contributed by atoms with Gasteiger partial charge in [-0.2, -0.15) is 0 Å². The lowest BCUT2D eigenvalue weighted by atomic mass is 10.3. The van der Waals surface area contributed by atoms with Crippen LogP contribution < -0.4 is 10.6 Å².